The molecule has 0 aliphatic carbocycles. The van der Waals surface area contributed by atoms with Gasteiger partial charge in [-0.15, -0.1) is 24.8 Å². The van der Waals surface area contributed by atoms with E-state index >= 15 is 0 Å². The third-order valence-corrected chi connectivity index (χ3v) is 2.23. The molecule has 0 aromatic carbocycles. The maximum absolute atomic E-state index is 10.7. The highest BCUT2D eigenvalue weighted by molar-refractivity contribution is 5.85. The largest absolute Gasteiger partial charge is 0.480 e. The first-order valence-corrected chi connectivity index (χ1v) is 5.20. The van der Waals surface area contributed by atoms with E-state index in [0.717, 1.165) is 12.0 Å². The SMILES string of the molecule is CC(N)=NCC/C(C)=C\C[C@](C)(N)C(=O)O.Cl.Cl. The number of rotatable bonds is 6. The molecule has 0 rings (SSSR count). The fraction of sp³-hybridized carbons (Fsp3) is 0.636. The van der Waals surface area contributed by atoms with Crippen molar-refractivity contribution in [3.8, 4) is 0 Å². The second-order valence-electron chi connectivity index (χ2n) is 4.25. The Morgan fingerprint density at radius 1 is 1.39 bits per heavy atom. The van der Waals surface area contributed by atoms with Gasteiger partial charge in [0.2, 0.25) is 0 Å². The Morgan fingerprint density at radius 2 is 1.89 bits per heavy atom. The molecule has 0 spiro atoms. The van der Waals surface area contributed by atoms with Crippen LogP contribution in [-0.2, 0) is 4.79 Å². The standard InChI is InChI=1S/C11H21N3O2.2ClH/c1-8(5-7-14-9(2)12)4-6-11(3,13)10(15)16;;/h4H,5-7,13H2,1-3H3,(H2,12,14)(H,15,16);2*1H/b8-4-;;/t11-;;/m0../s1. The molecule has 0 aliphatic rings. The zero-order valence-corrected chi connectivity index (χ0v) is 12.6. The van der Waals surface area contributed by atoms with Gasteiger partial charge in [-0.3, -0.25) is 9.79 Å². The molecule has 0 aromatic rings. The van der Waals surface area contributed by atoms with Crippen LogP contribution in [0.3, 0.4) is 0 Å². The van der Waals surface area contributed by atoms with Gasteiger partial charge in [-0.1, -0.05) is 11.6 Å². The predicted molar refractivity (Wildman–Crippen MR) is 79.9 cm³/mol. The average Bonchev–Trinajstić information content (AvgIpc) is 2.14. The van der Waals surface area contributed by atoms with E-state index in [1.807, 2.05) is 13.0 Å². The molecule has 0 aromatic heterocycles. The Balaban J connectivity index is -0.00000112. The van der Waals surface area contributed by atoms with Crippen LogP contribution in [0.5, 0.6) is 0 Å². The minimum absolute atomic E-state index is 0. The highest BCUT2D eigenvalue weighted by Crippen LogP contribution is 2.10. The van der Waals surface area contributed by atoms with Crippen LogP contribution in [0.4, 0.5) is 0 Å². The monoisotopic (exact) mass is 299 g/mol. The number of amidine groups is 1. The van der Waals surface area contributed by atoms with Gasteiger partial charge in [0, 0.05) is 6.54 Å². The maximum Gasteiger partial charge on any atom is 0.323 e. The molecule has 5 nitrogen and oxygen atoms in total. The van der Waals surface area contributed by atoms with Crippen molar-refractivity contribution < 1.29 is 9.90 Å². The lowest BCUT2D eigenvalue weighted by Crippen LogP contribution is -2.44. The first-order valence-electron chi connectivity index (χ1n) is 5.20. The van der Waals surface area contributed by atoms with E-state index in [9.17, 15) is 4.79 Å². The summed E-state index contributed by atoms with van der Waals surface area (Å²) in [5.74, 6) is -0.436. The molecule has 0 saturated carbocycles. The van der Waals surface area contributed by atoms with Crippen LogP contribution in [-0.4, -0.2) is 29.0 Å². The summed E-state index contributed by atoms with van der Waals surface area (Å²) in [5, 5.41) is 8.81. The molecule has 18 heavy (non-hydrogen) atoms. The second-order valence-corrected chi connectivity index (χ2v) is 4.25. The number of halogens is 2. The van der Waals surface area contributed by atoms with Crippen molar-refractivity contribution in [1.82, 2.24) is 0 Å². The summed E-state index contributed by atoms with van der Waals surface area (Å²) in [6, 6.07) is 0. The van der Waals surface area contributed by atoms with Gasteiger partial charge in [-0.25, -0.2) is 0 Å². The molecule has 0 fully saturated rings. The first kappa shape index (κ1) is 22.4. The van der Waals surface area contributed by atoms with E-state index in [1.165, 1.54) is 6.92 Å². The summed E-state index contributed by atoms with van der Waals surface area (Å²) in [6.45, 7) is 5.79. The van der Waals surface area contributed by atoms with Crippen molar-refractivity contribution in [1.29, 1.82) is 0 Å². The van der Waals surface area contributed by atoms with Crippen molar-refractivity contribution >= 4 is 36.6 Å². The molecule has 0 heterocycles. The van der Waals surface area contributed by atoms with Crippen LogP contribution in [0, 0.1) is 0 Å². The predicted octanol–water partition coefficient (Wildman–Crippen LogP) is 1.74. The van der Waals surface area contributed by atoms with Crippen LogP contribution >= 0.6 is 24.8 Å². The molecule has 108 valence electrons. The number of hydrogen-bond acceptors (Lipinski definition) is 3. The Hall–Kier alpha value is -0.780. The van der Waals surface area contributed by atoms with E-state index in [2.05, 4.69) is 4.99 Å². The molecule has 0 radical (unpaired) electrons. The van der Waals surface area contributed by atoms with Crippen molar-refractivity contribution in [2.75, 3.05) is 6.54 Å². The van der Waals surface area contributed by atoms with Crippen LogP contribution < -0.4 is 11.5 Å². The van der Waals surface area contributed by atoms with Gasteiger partial charge in [0.25, 0.3) is 0 Å². The van der Waals surface area contributed by atoms with Crippen LogP contribution in [0.15, 0.2) is 16.6 Å². The Labute approximate surface area is 121 Å². The van der Waals surface area contributed by atoms with Crippen LogP contribution in [0.1, 0.15) is 33.6 Å². The van der Waals surface area contributed by atoms with Crippen molar-refractivity contribution in [3.63, 3.8) is 0 Å². The van der Waals surface area contributed by atoms with E-state index in [4.69, 9.17) is 16.6 Å². The third-order valence-electron chi connectivity index (χ3n) is 2.23. The Morgan fingerprint density at radius 3 is 2.28 bits per heavy atom. The molecule has 0 bridgehead atoms. The van der Waals surface area contributed by atoms with E-state index in [0.29, 0.717) is 18.8 Å². The first-order chi connectivity index (χ1) is 7.25. The molecule has 0 saturated heterocycles. The fourth-order valence-corrected chi connectivity index (χ4v) is 0.984. The van der Waals surface area contributed by atoms with Gasteiger partial charge in [0.05, 0.1) is 5.84 Å². The van der Waals surface area contributed by atoms with Crippen LogP contribution in [0.2, 0.25) is 0 Å². The lowest BCUT2D eigenvalue weighted by Gasteiger charge is -2.16. The molecule has 1 atom stereocenters. The summed E-state index contributed by atoms with van der Waals surface area (Å²) in [6.07, 6.45) is 2.93. The van der Waals surface area contributed by atoms with Gasteiger partial charge in [-0.05, 0) is 33.6 Å². The zero-order chi connectivity index (χ0) is 12.8. The molecule has 7 heteroatoms. The number of aliphatic carboxylic acids is 1. The summed E-state index contributed by atoms with van der Waals surface area (Å²) in [4.78, 5) is 14.8. The average molecular weight is 300 g/mol. The minimum Gasteiger partial charge on any atom is -0.480 e. The zero-order valence-electron chi connectivity index (χ0n) is 11.0. The Bertz CT molecular complexity index is 311. The van der Waals surface area contributed by atoms with Crippen molar-refractivity contribution in [2.45, 2.75) is 39.2 Å². The quantitative estimate of drug-likeness (QED) is 0.395. The molecule has 5 N–H and O–H groups in total. The molecule has 0 unspecified atom stereocenters. The topological polar surface area (TPSA) is 102 Å². The molecular weight excluding hydrogens is 277 g/mol. The number of aliphatic imine (C=N–C) groups is 1. The van der Waals surface area contributed by atoms with E-state index in [1.54, 1.807) is 6.92 Å². The number of carboxylic acids is 1. The van der Waals surface area contributed by atoms with Crippen molar-refractivity contribution in [2.24, 2.45) is 16.5 Å². The number of hydrogen-bond donors (Lipinski definition) is 3. The highest BCUT2D eigenvalue weighted by Gasteiger charge is 2.25. The minimum atomic E-state index is -1.20. The number of carboxylic acid groups (broad SMARTS) is 1. The smallest absolute Gasteiger partial charge is 0.323 e. The normalized spacial score (nSPS) is 15.1. The fourth-order valence-electron chi connectivity index (χ4n) is 0.984. The number of nitrogens with two attached hydrogens (primary N) is 2. The molecule has 0 aliphatic heterocycles. The van der Waals surface area contributed by atoms with Gasteiger partial charge < -0.3 is 16.6 Å². The van der Waals surface area contributed by atoms with Gasteiger partial charge in [0.1, 0.15) is 5.54 Å². The van der Waals surface area contributed by atoms with E-state index in [-0.39, 0.29) is 24.8 Å². The number of nitrogens with zero attached hydrogens (tertiary/aromatic N) is 1. The molecule has 0 amide bonds. The maximum atomic E-state index is 10.7. The molecular formula is C11H23Cl2N3O2. The van der Waals surface area contributed by atoms with Gasteiger partial charge in [-0.2, -0.15) is 0 Å². The lowest BCUT2D eigenvalue weighted by atomic mass is 9.97. The summed E-state index contributed by atoms with van der Waals surface area (Å²) >= 11 is 0. The summed E-state index contributed by atoms with van der Waals surface area (Å²) in [7, 11) is 0. The Kier molecular flexibility index (Phi) is 12.7. The summed E-state index contributed by atoms with van der Waals surface area (Å²) < 4.78 is 0. The van der Waals surface area contributed by atoms with Gasteiger partial charge >= 0.3 is 5.97 Å². The summed E-state index contributed by atoms with van der Waals surface area (Å²) in [5.41, 5.74) is 10.9. The lowest BCUT2D eigenvalue weighted by molar-refractivity contribution is -0.142. The van der Waals surface area contributed by atoms with Crippen LogP contribution in [0.25, 0.3) is 0 Å². The van der Waals surface area contributed by atoms with E-state index < -0.39 is 11.5 Å². The highest BCUT2D eigenvalue weighted by atomic mass is 35.5. The van der Waals surface area contributed by atoms with Gasteiger partial charge in [0.15, 0.2) is 0 Å². The van der Waals surface area contributed by atoms with Crippen molar-refractivity contribution in [3.05, 3.63) is 11.6 Å². The number of carbonyl (C=O) groups is 1. The third kappa shape index (κ3) is 10.4. The second kappa shape index (κ2) is 10.2.